The van der Waals surface area contributed by atoms with Gasteiger partial charge >= 0.3 is 0 Å². The Balaban J connectivity index is 1.26. The number of para-hydroxylation sites is 1. The molecule has 0 bridgehead atoms. The number of amides is 1. The van der Waals surface area contributed by atoms with Crippen LogP contribution in [0.1, 0.15) is 30.3 Å². The fourth-order valence-corrected chi connectivity index (χ4v) is 3.59. The maximum absolute atomic E-state index is 12.1. The fraction of sp³-hybridized carbons (Fsp3) is 0.350. The van der Waals surface area contributed by atoms with Crippen molar-refractivity contribution >= 4 is 17.7 Å². The van der Waals surface area contributed by atoms with Crippen molar-refractivity contribution in [3.63, 3.8) is 0 Å². The molecule has 2 aromatic heterocycles. The highest BCUT2D eigenvalue weighted by Crippen LogP contribution is 2.40. The highest BCUT2D eigenvalue weighted by molar-refractivity contribution is 7.99. The van der Waals surface area contributed by atoms with Crippen molar-refractivity contribution in [1.29, 1.82) is 0 Å². The van der Waals surface area contributed by atoms with E-state index in [0.29, 0.717) is 25.6 Å². The van der Waals surface area contributed by atoms with Crippen molar-refractivity contribution in [3.8, 4) is 5.75 Å². The molecular weight excluding hydrogens is 376 g/mol. The zero-order valence-electron chi connectivity index (χ0n) is 15.4. The molecule has 1 saturated carbocycles. The molecule has 1 N–H and O–H groups in total. The molecule has 0 unspecified atom stereocenters. The number of rotatable bonds is 10. The van der Waals surface area contributed by atoms with E-state index in [2.05, 4.69) is 20.1 Å². The van der Waals surface area contributed by atoms with E-state index in [1.54, 1.807) is 6.26 Å². The SMILES string of the molecule is O=C(CSc1nnc(C2CC2)n1Cc1ccco1)NCCOc1ccccc1. The third-order valence-corrected chi connectivity index (χ3v) is 5.32. The minimum atomic E-state index is -0.0535. The van der Waals surface area contributed by atoms with Crippen LogP contribution in [0.15, 0.2) is 58.3 Å². The Hall–Kier alpha value is -2.74. The van der Waals surface area contributed by atoms with Gasteiger partial charge in [-0.15, -0.1) is 10.2 Å². The standard InChI is InChI=1S/C20H22N4O3S/c25-18(21-10-12-27-16-5-2-1-3-6-16)14-28-20-23-22-19(15-8-9-15)24(20)13-17-7-4-11-26-17/h1-7,11,15H,8-10,12-14H2,(H,21,25). The van der Waals surface area contributed by atoms with Gasteiger partial charge in [-0.05, 0) is 37.1 Å². The second-order valence-corrected chi connectivity index (χ2v) is 7.52. The summed E-state index contributed by atoms with van der Waals surface area (Å²) in [7, 11) is 0. The second-order valence-electron chi connectivity index (χ2n) is 6.58. The van der Waals surface area contributed by atoms with Gasteiger partial charge in [0.25, 0.3) is 0 Å². The van der Waals surface area contributed by atoms with Gasteiger partial charge in [-0.3, -0.25) is 9.36 Å². The third-order valence-electron chi connectivity index (χ3n) is 4.35. The minimum absolute atomic E-state index is 0.0535. The van der Waals surface area contributed by atoms with Crippen molar-refractivity contribution in [1.82, 2.24) is 20.1 Å². The number of thioether (sulfide) groups is 1. The molecule has 0 radical (unpaired) electrons. The number of aromatic nitrogens is 3. The minimum Gasteiger partial charge on any atom is -0.492 e. The molecule has 146 valence electrons. The van der Waals surface area contributed by atoms with Gasteiger partial charge in [-0.25, -0.2) is 0 Å². The Bertz CT molecular complexity index is 892. The number of carbonyl (C=O) groups is 1. The molecule has 0 aliphatic heterocycles. The molecule has 1 aromatic carbocycles. The van der Waals surface area contributed by atoms with Crippen molar-refractivity contribution in [3.05, 3.63) is 60.3 Å². The number of carbonyl (C=O) groups excluding carboxylic acids is 1. The van der Waals surface area contributed by atoms with Crippen LogP contribution in [0.2, 0.25) is 0 Å². The second kappa shape index (κ2) is 8.97. The number of nitrogens with zero attached hydrogens (tertiary/aromatic N) is 3. The van der Waals surface area contributed by atoms with Crippen molar-refractivity contribution in [2.24, 2.45) is 0 Å². The van der Waals surface area contributed by atoms with Gasteiger partial charge in [0.15, 0.2) is 5.16 Å². The van der Waals surface area contributed by atoms with E-state index >= 15 is 0 Å². The third kappa shape index (κ3) is 4.95. The first-order valence-electron chi connectivity index (χ1n) is 9.32. The van der Waals surface area contributed by atoms with E-state index in [9.17, 15) is 4.79 Å². The molecule has 0 atom stereocenters. The van der Waals surface area contributed by atoms with Crippen molar-refractivity contribution in [2.45, 2.75) is 30.5 Å². The highest BCUT2D eigenvalue weighted by Gasteiger charge is 2.30. The summed E-state index contributed by atoms with van der Waals surface area (Å²) in [5, 5.41) is 12.3. The Kier molecular flexibility index (Phi) is 5.96. The molecule has 8 heteroatoms. The smallest absolute Gasteiger partial charge is 0.230 e. The summed E-state index contributed by atoms with van der Waals surface area (Å²) in [6.07, 6.45) is 3.94. The normalized spacial score (nSPS) is 13.4. The summed E-state index contributed by atoms with van der Waals surface area (Å²) in [5.41, 5.74) is 0. The number of furan rings is 1. The van der Waals surface area contributed by atoms with Gasteiger partial charge < -0.3 is 14.5 Å². The average Bonchev–Trinajstić information content (AvgIpc) is 3.28. The van der Waals surface area contributed by atoms with Gasteiger partial charge in [-0.1, -0.05) is 30.0 Å². The van der Waals surface area contributed by atoms with Crippen molar-refractivity contribution in [2.75, 3.05) is 18.9 Å². The zero-order chi connectivity index (χ0) is 19.2. The Morgan fingerprint density at radius 2 is 2.07 bits per heavy atom. The predicted octanol–water partition coefficient (Wildman–Crippen LogP) is 3.08. The number of benzene rings is 1. The van der Waals surface area contributed by atoms with Gasteiger partial charge in [0.05, 0.1) is 25.1 Å². The molecule has 3 aromatic rings. The molecule has 1 amide bonds. The number of ether oxygens (including phenoxy) is 1. The van der Waals surface area contributed by atoms with E-state index in [-0.39, 0.29) is 11.7 Å². The van der Waals surface area contributed by atoms with Crippen LogP contribution < -0.4 is 10.1 Å². The summed E-state index contributed by atoms with van der Waals surface area (Å²) in [5.74, 6) is 3.33. The van der Waals surface area contributed by atoms with E-state index in [4.69, 9.17) is 9.15 Å². The lowest BCUT2D eigenvalue weighted by atomic mass is 10.3. The average molecular weight is 398 g/mol. The largest absolute Gasteiger partial charge is 0.492 e. The fourth-order valence-electron chi connectivity index (χ4n) is 2.81. The van der Waals surface area contributed by atoms with Gasteiger partial charge in [0, 0.05) is 5.92 Å². The molecule has 2 heterocycles. The van der Waals surface area contributed by atoms with Gasteiger partial charge in [0.1, 0.15) is 23.9 Å². The molecule has 1 aliphatic rings. The van der Waals surface area contributed by atoms with Gasteiger partial charge in [0.2, 0.25) is 5.91 Å². The molecule has 0 saturated heterocycles. The first-order valence-corrected chi connectivity index (χ1v) is 10.3. The predicted molar refractivity (Wildman–Crippen MR) is 105 cm³/mol. The lowest BCUT2D eigenvalue weighted by Crippen LogP contribution is -2.29. The Morgan fingerprint density at radius 1 is 1.21 bits per heavy atom. The first kappa shape index (κ1) is 18.6. The van der Waals surface area contributed by atoms with Crippen LogP contribution in [-0.2, 0) is 11.3 Å². The van der Waals surface area contributed by atoms with Crippen LogP contribution in [0.3, 0.4) is 0 Å². The van der Waals surface area contributed by atoms with Crippen LogP contribution in [0.4, 0.5) is 0 Å². The molecule has 1 fully saturated rings. The van der Waals surface area contributed by atoms with Crippen molar-refractivity contribution < 1.29 is 13.9 Å². The topological polar surface area (TPSA) is 82.2 Å². The molecule has 28 heavy (non-hydrogen) atoms. The lowest BCUT2D eigenvalue weighted by molar-refractivity contribution is -0.118. The van der Waals surface area contributed by atoms with E-state index < -0.39 is 0 Å². The number of nitrogens with one attached hydrogen (secondary N) is 1. The van der Waals surface area contributed by atoms with E-state index in [1.165, 1.54) is 11.8 Å². The van der Waals surface area contributed by atoms with Crippen LogP contribution in [0.5, 0.6) is 5.75 Å². The summed E-state index contributed by atoms with van der Waals surface area (Å²) >= 11 is 1.39. The molecular formula is C20H22N4O3S. The highest BCUT2D eigenvalue weighted by atomic mass is 32.2. The zero-order valence-corrected chi connectivity index (χ0v) is 16.2. The van der Waals surface area contributed by atoms with E-state index in [1.807, 2.05) is 42.5 Å². The molecule has 0 spiro atoms. The molecule has 7 nitrogen and oxygen atoms in total. The van der Waals surface area contributed by atoms with Crippen LogP contribution in [-0.4, -0.2) is 39.6 Å². The van der Waals surface area contributed by atoms with Crippen LogP contribution in [0.25, 0.3) is 0 Å². The van der Waals surface area contributed by atoms with E-state index in [0.717, 1.165) is 35.3 Å². The maximum atomic E-state index is 12.1. The summed E-state index contributed by atoms with van der Waals surface area (Å²) < 4.78 is 13.1. The summed E-state index contributed by atoms with van der Waals surface area (Å²) in [6, 6.07) is 13.4. The van der Waals surface area contributed by atoms with Gasteiger partial charge in [-0.2, -0.15) is 0 Å². The lowest BCUT2D eigenvalue weighted by Gasteiger charge is -2.09. The Morgan fingerprint density at radius 3 is 2.82 bits per heavy atom. The summed E-state index contributed by atoms with van der Waals surface area (Å²) in [4.78, 5) is 12.1. The number of hydrogen-bond acceptors (Lipinski definition) is 6. The monoisotopic (exact) mass is 398 g/mol. The maximum Gasteiger partial charge on any atom is 0.230 e. The summed E-state index contributed by atoms with van der Waals surface area (Å²) in [6.45, 7) is 1.47. The quantitative estimate of drug-likeness (QED) is 0.417. The molecule has 1 aliphatic carbocycles. The number of hydrogen-bond donors (Lipinski definition) is 1. The molecule has 4 rings (SSSR count). The Labute approximate surface area is 167 Å². The van der Waals surface area contributed by atoms with Crippen LogP contribution >= 0.6 is 11.8 Å². The first-order chi connectivity index (χ1) is 13.8. The van der Waals surface area contributed by atoms with Crippen LogP contribution in [0, 0.1) is 0 Å².